The summed E-state index contributed by atoms with van der Waals surface area (Å²) in [4.78, 5) is 16.6. The summed E-state index contributed by atoms with van der Waals surface area (Å²) < 4.78 is 11.0. The molecule has 2 atom stereocenters. The zero-order valence-corrected chi connectivity index (χ0v) is 13.3. The van der Waals surface area contributed by atoms with E-state index in [1.807, 2.05) is 38.1 Å². The number of hydrogen-bond donors (Lipinski definition) is 2. The number of aromatic nitrogens is 1. The van der Waals surface area contributed by atoms with Crippen LogP contribution < -0.4 is 10.6 Å². The molecule has 6 nitrogen and oxygen atoms in total. The zero-order chi connectivity index (χ0) is 16.2. The third kappa shape index (κ3) is 3.78. The van der Waals surface area contributed by atoms with Gasteiger partial charge >= 0.3 is 0 Å². The van der Waals surface area contributed by atoms with Gasteiger partial charge in [0.2, 0.25) is 11.8 Å². The van der Waals surface area contributed by atoms with Crippen molar-refractivity contribution in [2.24, 2.45) is 0 Å². The number of carbonyl (C=O) groups excluding carboxylic acids is 1. The molecule has 1 amide bonds. The molecule has 0 saturated carbocycles. The summed E-state index contributed by atoms with van der Waals surface area (Å²) in [5, 5.41) is 6.03. The van der Waals surface area contributed by atoms with Crippen molar-refractivity contribution in [2.75, 3.05) is 13.2 Å². The Labute approximate surface area is 135 Å². The smallest absolute Gasteiger partial charge is 0.240 e. The number of nitrogens with zero attached hydrogens (tertiary/aromatic N) is 1. The number of carbonyl (C=O) groups is 1. The molecule has 3 rings (SSSR count). The Morgan fingerprint density at radius 1 is 1.39 bits per heavy atom. The minimum atomic E-state index is -0.327. The van der Waals surface area contributed by atoms with Crippen LogP contribution in [0, 0.1) is 6.92 Å². The number of morpholine rings is 1. The molecule has 0 unspecified atom stereocenters. The van der Waals surface area contributed by atoms with Crippen LogP contribution in [0.5, 0.6) is 0 Å². The molecule has 1 aliphatic heterocycles. The van der Waals surface area contributed by atoms with Crippen LogP contribution in [-0.2, 0) is 16.1 Å². The molecule has 2 N–H and O–H groups in total. The van der Waals surface area contributed by atoms with Crippen molar-refractivity contribution in [1.82, 2.24) is 15.6 Å². The van der Waals surface area contributed by atoms with Crippen LogP contribution in [0.25, 0.3) is 11.5 Å². The number of oxazole rings is 1. The summed E-state index contributed by atoms with van der Waals surface area (Å²) in [5.74, 6) is 0.471. The number of amides is 1. The van der Waals surface area contributed by atoms with Crippen LogP contribution in [0.2, 0.25) is 0 Å². The molecular formula is C17H21N3O3. The minimum Gasteiger partial charge on any atom is -0.444 e. The number of rotatable bonds is 4. The van der Waals surface area contributed by atoms with Crippen LogP contribution in [0.1, 0.15) is 18.2 Å². The lowest BCUT2D eigenvalue weighted by Gasteiger charge is -2.29. The first-order valence-electron chi connectivity index (χ1n) is 7.77. The molecule has 0 bridgehead atoms. The summed E-state index contributed by atoms with van der Waals surface area (Å²) in [6.45, 7) is 5.57. The van der Waals surface area contributed by atoms with Crippen LogP contribution in [0.3, 0.4) is 0 Å². The van der Waals surface area contributed by atoms with E-state index in [1.165, 1.54) is 5.56 Å². The summed E-state index contributed by atoms with van der Waals surface area (Å²) >= 11 is 0. The fourth-order valence-electron chi connectivity index (χ4n) is 2.53. The second-order valence-corrected chi connectivity index (χ2v) is 5.74. The number of aryl methyl sites for hydroxylation is 1. The molecule has 0 spiro atoms. The SMILES string of the molecule is Cc1ccc(-c2nc(CNC(=O)[C@H]3NCCO[C@@H]3C)co2)cc1. The van der Waals surface area contributed by atoms with Gasteiger partial charge in [-0.2, -0.15) is 0 Å². The van der Waals surface area contributed by atoms with Gasteiger partial charge in [-0.3, -0.25) is 4.79 Å². The van der Waals surface area contributed by atoms with Gasteiger partial charge in [0.15, 0.2) is 0 Å². The predicted octanol–water partition coefficient (Wildman–Crippen LogP) is 1.64. The van der Waals surface area contributed by atoms with Gasteiger partial charge in [-0.05, 0) is 26.0 Å². The van der Waals surface area contributed by atoms with Gasteiger partial charge in [-0.25, -0.2) is 4.98 Å². The number of ether oxygens (including phenoxy) is 1. The predicted molar refractivity (Wildman–Crippen MR) is 85.7 cm³/mol. The van der Waals surface area contributed by atoms with Gasteiger partial charge in [0.1, 0.15) is 12.3 Å². The van der Waals surface area contributed by atoms with Crippen molar-refractivity contribution in [3.05, 3.63) is 41.8 Å². The molecule has 1 saturated heterocycles. The highest BCUT2D eigenvalue weighted by molar-refractivity contribution is 5.82. The molecule has 1 aromatic heterocycles. The summed E-state index contributed by atoms with van der Waals surface area (Å²) in [7, 11) is 0. The molecular weight excluding hydrogens is 294 g/mol. The van der Waals surface area contributed by atoms with Crippen molar-refractivity contribution in [3.63, 3.8) is 0 Å². The van der Waals surface area contributed by atoms with Crippen molar-refractivity contribution in [2.45, 2.75) is 32.5 Å². The van der Waals surface area contributed by atoms with Crippen molar-refractivity contribution in [1.29, 1.82) is 0 Å². The van der Waals surface area contributed by atoms with Crippen LogP contribution >= 0.6 is 0 Å². The average molecular weight is 315 g/mol. The van der Waals surface area contributed by atoms with Gasteiger partial charge in [0.05, 0.1) is 24.9 Å². The molecule has 122 valence electrons. The minimum absolute atomic E-state index is 0.0860. The Kier molecular flexibility index (Phi) is 4.73. The average Bonchev–Trinajstić information content (AvgIpc) is 3.03. The lowest BCUT2D eigenvalue weighted by molar-refractivity contribution is -0.129. The summed E-state index contributed by atoms with van der Waals surface area (Å²) in [6.07, 6.45) is 1.44. The fraction of sp³-hybridized carbons (Fsp3) is 0.412. The van der Waals surface area contributed by atoms with Crippen LogP contribution in [0.4, 0.5) is 0 Å². The Morgan fingerprint density at radius 3 is 2.91 bits per heavy atom. The van der Waals surface area contributed by atoms with Crippen molar-refractivity contribution < 1.29 is 13.9 Å². The molecule has 2 aromatic rings. The second kappa shape index (κ2) is 6.93. The number of benzene rings is 1. The maximum absolute atomic E-state index is 12.2. The van der Waals surface area contributed by atoms with E-state index < -0.39 is 0 Å². The lowest BCUT2D eigenvalue weighted by atomic mass is 10.1. The first-order chi connectivity index (χ1) is 11.1. The van der Waals surface area contributed by atoms with E-state index in [1.54, 1.807) is 6.26 Å². The van der Waals surface area contributed by atoms with Gasteiger partial charge in [0.25, 0.3) is 0 Å². The fourth-order valence-corrected chi connectivity index (χ4v) is 2.53. The first kappa shape index (κ1) is 15.7. The maximum Gasteiger partial charge on any atom is 0.240 e. The van der Waals surface area contributed by atoms with Crippen LogP contribution in [0.15, 0.2) is 34.9 Å². The maximum atomic E-state index is 12.2. The van der Waals surface area contributed by atoms with Gasteiger partial charge < -0.3 is 19.8 Å². The summed E-state index contributed by atoms with van der Waals surface area (Å²) in [6, 6.07) is 7.63. The topological polar surface area (TPSA) is 76.4 Å². The molecule has 2 heterocycles. The normalized spacial score (nSPS) is 21.1. The molecule has 0 radical (unpaired) electrons. The number of hydrogen-bond acceptors (Lipinski definition) is 5. The molecule has 0 aliphatic carbocycles. The molecule has 1 aliphatic rings. The first-order valence-corrected chi connectivity index (χ1v) is 7.77. The van der Waals surface area contributed by atoms with Crippen molar-refractivity contribution >= 4 is 5.91 Å². The molecule has 1 fully saturated rings. The van der Waals surface area contributed by atoms with E-state index in [-0.39, 0.29) is 18.1 Å². The van der Waals surface area contributed by atoms with E-state index in [0.29, 0.717) is 31.3 Å². The standard InChI is InChI=1S/C17H21N3O3/c1-11-3-5-13(6-4-11)17-20-14(10-23-17)9-19-16(21)15-12(2)22-8-7-18-15/h3-6,10,12,15,18H,7-9H2,1-2H3,(H,19,21)/t12-,15+/m1/s1. The van der Waals surface area contributed by atoms with E-state index in [2.05, 4.69) is 15.6 Å². The zero-order valence-electron chi connectivity index (χ0n) is 13.3. The van der Waals surface area contributed by atoms with Crippen molar-refractivity contribution in [3.8, 4) is 11.5 Å². The number of nitrogens with one attached hydrogen (secondary N) is 2. The largest absolute Gasteiger partial charge is 0.444 e. The van der Waals surface area contributed by atoms with E-state index in [9.17, 15) is 4.79 Å². The van der Waals surface area contributed by atoms with Gasteiger partial charge in [-0.15, -0.1) is 0 Å². The molecule has 6 heteroatoms. The lowest BCUT2D eigenvalue weighted by Crippen LogP contribution is -2.55. The van der Waals surface area contributed by atoms with Crippen LogP contribution in [-0.4, -0.2) is 36.2 Å². The highest BCUT2D eigenvalue weighted by Gasteiger charge is 2.28. The Bertz CT molecular complexity index is 666. The van der Waals surface area contributed by atoms with Gasteiger partial charge in [-0.1, -0.05) is 17.7 Å². The molecule has 23 heavy (non-hydrogen) atoms. The monoisotopic (exact) mass is 315 g/mol. The highest BCUT2D eigenvalue weighted by Crippen LogP contribution is 2.19. The Morgan fingerprint density at radius 2 is 2.17 bits per heavy atom. The quantitative estimate of drug-likeness (QED) is 0.897. The second-order valence-electron chi connectivity index (χ2n) is 5.74. The van der Waals surface area contributed by atoms with E-state index >= 15 is 0 Å². The Balaban J connectivity index is 1.58. The van der Waals surface area contributed by atoms with E-state index in [4.69, 9.17) is 9.15 Å². The summed E-state index contributed by atoms with van der Waals surface area (Å²) in [5.41, 5.74) is 2.80. The third-order valence-corrected chi connectivity index (χ3v) is 3.89. The Hall–Kier alpha value is -2.18. The third-order valence-electron chi connectivity index (χ3n) is 3.89. The van der Waals surface area contributed by atoms with Gasteiger partial charge in [0, 0.05) is 12.1 Å². The molecule has 1 aromatic carbocycles. The highest BCUT2D eigenvalue weighted by atomic mass is 16.5. The van der Waals surface area contributed by atoms with E-state index in [0.717, 1.165) is 5.56 Å².